The fraction of sp³-hybridized carbons (Fsp3) is 0.333. The number of aryl methyl sites for hydroxylation is 1. The largest absolute Gasteiger partial charge is 0.310 e. The average molecular weight is 322 g/mol. The van der Waals surface area contributed by atoms with Crippen molar-refractivity contribution in [1.82, 2.24) is 5.32 Å². The van der Waals surface area contributed by atoms with Crippen molar-refractivity contribution in [2.24, 2.45) is 0 Å². The van der Waals surface area contributed by atoms with Crippen molar-refractivity contribution in [3.05, 3.63) is 69.2 Å². The van der Waals surface area contributed by atoms with E-state index in [4.69, 9.17) is 23.2 Å². The molecule has 2 aromatic carbocycles. The van der Waals surface area contributed by atoms with Gasteiger partial charge in [0.15, 0.2) is 0 Å². The Kier molecular flexibility index (Phi) is 6.10. The van der Waals surface area contributed by atoms with E-state index in [9.17, 15) is 0 Å². The highest BCUT2D eigenvalue weighted by Crippen LogP contribution is 2.26. The van der Waals surface area contributed by atoms with Gasteiger partial charge in [-0.05, 0) is 55.6 Å². The Labute approximate surface area is 137 Å². The molecule has 0 aliphatic heterocycles. The summed E-state index contributed by atoms with van der Waals surface area (Å²) in [5, 5.41) is 5.10. The Morgan fingerprint density at radius 3 is 2.43 bits per heavy atom. The number of hydrogen-bond donors (Lipinski definition) is 1. The van der Waals surface area contributed by atoms with Crippen LogP contribution in [0.2, 0.25) is 10.0 Å². The lowest BCUT2D eigenvalue weighted by Gasteiger charge is -2.20. The van der Waals surface area contributed by atoms with Crippen LogP contribution in [0.25, 0.3) is 0 Å². The van der Waals surface area contributed by atoms with Gasteiger partial charge in [-0.2, -0.15) is 0 Å². The van der Waals surface area contributed by atoms with E-state index in [-0.39, 0.29) is 6.04 Å². The van der Waals surface area contributed by atoms with Crippen LogP contribution in [0.5, 0.6) is 0 Å². The second-order valence-electron chi connectivity index (χ2n) is 5.36. The predicted octanol–water partition coefficient (Wildman–Crippen LogP) is 5.59. The number of nitrogens with one attached hydrogen (secondary N) is 1. The lowest BCUT2D eigenvalue weighted by atomic mass is 9.98. The molecule has 0 aliphatic carbocycles. The van der Waals surface area contributed by atoms with Crippen molar-refractivity contribution in [2.75, 3.05) is 6.54 Å². The summed E-state index contributed by atoms with van der Waals surface area (Å²) < 4.78 is 0. The van der Waals surface area contributed by atoms with Crippen LogP contribution < -0.4 is 5.32 Å². The van der Waals surface area contributed by atoms with Crippen LogP contribution in [0.1, 0.15) is 36.1 Å². The van der Waals surface area contributed by atoms with Crippen LogP contribution in [-0.4, -0.2) is 6.54 Å². The Morgan fingerprint density at radius 1 is 1.05 bits per heavy atom. The van der Waals surface area contributed by atoms with E-state index >= 15 is 0 Å². The van der Waals surface area contributed by atoms with Gasteiger partial charge in [-0.1, -0.05) is 60.0 Å². The molecule has 0 aliphatic rings. The van der Waals surface area contributed by atoms with E-state index in [1.807, 2.05) is 18.2 Å². The molecule has 0 saturated heterocycles. The minimum Gasteiger partial charge on any atom is -0.310 e. The van der Waals surface area contributed by atoms with Gasteiger partial charge in [0.25, 0.3) is 0 Å². The zero-order valence-electron chi connectivity index (χ0n) is 12.5. The van der Waals surface area contributed by atoms with Gasteiger partial charge in [0.2, 0.25) is 0 Å². The molecular weight excluding hydrogens is 301 g/mol. The third kappa shape index (κ3) is 4.74. The maximum atomic E-state index is 6.30. The number of halogens is 2. The lowest BCUT2D eigenvalue weighted by molar-refractivity contribution is 0.529. The second-order valence-corrected chi connectivity index (χ2v) is 6.20. The van der Waals surface area contributed by atoms with Crippen molar-refractivity contribution in [3.63, 3.8) is 0 Å². The molecule has 1 unspecified atom stereocenters. The first-order valence-corrected chi connectivity index (χ1v) is 8.09. The van der Waals surface area contributed by atoms with Gasteiger partial charge in [0, 0.05) is 16.1 Å². The molecule has 0 amide bonds. The smallest absolute Gasteiger partial charge is 0.0439 e. The van der Waals surface area contributed by atoms with Gasteiger partial charge >= 0.3 is 0 Å². The summed E-state index contributed by atoms with van der Waals surface area (Å²) in [6, 6.07) is 14.6. The van der Waals surface area contributed by atoms with E-state index in [0.717, 1.165) is 35.0 Å². The van der Waals surface area contributed by atoms with Gasteiger partial charge < -0.3 is 5.32 Å². The number of rotatable bonds is 6. The zero-order valence-corrected chi connectivity index (χ0v) is 14.0. The normalized spacial score (nSPS) is 12.4. The van der Waals surface area contributed by atoms with Gasteiger partial charge in [0.05, 0.1) is 0 Å². The number of benzene rings is 2. The van der Waals surface area contributed by atoms with Crippen LogP contribution in [0.4, 0.5) is 0 Å². The molecule has 0 aromatic heterocycles. The van der Waals surface area contributed by atoms with E-state index in [1.165, 1.54) is 11.1 Å². The van der Waals surface area contributed by atoms with Crippen molar-refractivity contribution >= 4 is 23.2 Å². The number of hydrogen-bond acceptors (Lipinski definition) is 1. The Balaban J connectivity index is 2.23. The summed E-state index contributed by atoms with van der Waals surface area (Å²) in [4.78, 5) is 0. The Hall–Kier alpha value is -1.02. The summed E-state index contributed by atoms with van der Waals surface area (Å²) in [6.07, 6.45) is 1.94. The molecule has 0 radical (unpaired) electrons. The second kappa shape index (κ2) is 7.84. The molecule has 0 saturated carbocycles. The third-order valence-corrected chi connectivity index (χ3v) is 4.16. The Morgan fingerprint density at radius 2 is 1.76 bits per heavy atom. The monoisotopic (exact) mass is 321 g/mol. The molecule has 112 valence electrons. The maximum Gasteiger partial charge on any atom is 0.0439 e. The summed E-state index contributed by atoms with van der Waals surface area (Å²) in [7, 11) is 0. The third-order valence-electron chi connectivity index (χ3n) is 3.55. The fourth-order valence-corrected chi connectivity index (χ4v) is 2.73. The summed E-state index contributed by atoms with van der Waals surface area (Å²) >= 11 is 12.4. The fourth-order valence-electron chi connectivity index (χ4n) is 2.34. The van der Waals surface area contributed by atoms with E-state index in [2.05, 4.69) is 43.4 Å². The molecule has 1 N–H and O–H groups in total. The first-order chi connectivity index (χ1) is 10.1. The van der Waals surface area contributed by atoms with Crippen molar-refractivity contribution in [2.45, 2.75) is 32.7 Å². The van der Waals surface area contributed by atoms with Gasteiger partial charge in [-0.3, -0.25) is 0 Å². The van der Waals surface area contributed by atoms with Crippen LogP contribution in [-0.2, 0) is 6.42 Å². The van der Waals surface area contributed by atoms with Crippen LogP contribution in [0.3, 0.4) is 0 Å². The molecule has 0 heterocycles. The molecule has 0 bridgehead atoms. The first kappa shape index (κ1) is 16.4. The predicted molar refractivity (Wildman–Crippen MR) is 92.4 cm³/mol. The minimum absolute atomic E-state index is 0.251. The SMILES string of the molecule is CCCNC(Cc1cc(Cl)ccc1Cl)c1ccc(C)cc1. The molecule has 1 atom stereocenters. The van der Waals surface area contributed by atoms with Crippen LogP contribution >= 0.6 is 23.2 Å². The van der Waals surface area contributed by atoms with E-state index < -0.39 is 0 Å². The van der Waals surface area contributed by atoms with Crippen molar-refractivity contribution in [3.8, 4) is 0 Å². The quantitative estimate of drug-likeness (QED) is 0.731. The molecule has 21 heavy (non-hydrogen) atoms. The topological polar surface area (TPSA) is 12.0 Å². The Bertz CT molecular complexity index is 578. The molecule has 3 heteroatoms. The maximum absolute atomic E-state index is 6.30. The standard InChI is InChI=1S/C18H21Cl2N/c1-3-10-21-18(14-6-4-13(2)5-7-14)12-15-11-16(19)8-9-17(15)20/h4-9,11,18,21H,3,10,12H2,1-2H3. The summed E-state index contributed by atoms with van der Waals surface area (Å²) in [5.74, 6) is 0. The van der Waals surface area contributed by atoms with Crippen LogP contribution in [0.15, 0.2) is 42.5 Å². The molecule has 0 spiro atoms. The van der Waals surface area contributed by atoms with Crippen molar-refractivity contribution < 1.29 is 0 Å². The molecule has 0 fully saturated rings. The lowest BCUT2D eigenvalue weighted by Crippen LogP contribution is -2.24. The highest BCUT2D eigenvalue weighted by Gasteiger charge is 2.13. The molecular formula is C18H21Cl2N. The highest BCUT2D eigenvalue weighted by molar-refractivity contribution is 6.33. The minimum atomic E-state index is 0.251. The molecule has 2 aromatic rings. The van der Waals surface area contributed by atoms with E-state index in [1.54, 1.807) is 0 Å². The average Bonchev–Trinajstić information content (AvgIpc) is 2.48. The van der Waals surface area contributed by atoms with E-state index in [0.29, 0.717) is 0 Å². The van der Waals surface area contributed by atoms with Crippen molar-refractivity contribution in [1.29, 1.82) is 0 Å². The van der Waals surface area contributed by atoms with Crippen LogP contribution in [0, 0.1) is 6.92 Å². The van der Waals surface area contributed by atoms with Gasteiger partial charge in [-0.25, -0.2) is 0 Å². The summed E-state index contributed by atoms with van der Waals surface area (Å²) in [5.41, 5.74) is 3.64. The zero-order chi connectivity index (χ0) is 15.2. The first-order valence-electron chi connectivity index (χ1n) is 7.34. The van der Waals surface area contributed by atoms with Gasteiger partial charge in [0.1, 0.15) is 0 Å². The summed E-state index contributed by atoms with van der Waals surface area (Å²) in [6.45, 7) is 5.26. The van der Waals surface area contributed by atoms with Gasteiger partial charge in [-0.15, -0.1) is 0 Å². The molecule has 2 rings (SSSR count). The highest BCUT2D eigenvalue weighted by atomic mass is 35.5. The molecule has 1 nitrogen and oxygen atoms in total.